The molecule has 1 amide bonds. The Hall–Kier alpha value is -1.68. The highest BCUT2D eigenvalue weighted by Crippen LogP contribution is 2.14. The molecule has 4 heteroatoms. The number of hydrogen-bond acceptors (Lipinski definition) is 2. The molecule has 2 rings (SSSR count). The lowest BCUT2D eigenvalue weighted by Crippen LogP contribution is -2.12. The Morgan fingerprint density at radius 2 is 2.17 bits per heavy atom. The molecular formula is C14H13BrN2O. The molecule has 0 radical (unpaired) electrons. The fraction of sp³-hybridized carbons (Fsp3) is 0.143. The molecule has 0 fully saturated rings. The number of hydrogen-bond donors (Lipinski definition) is 1. The van der Waals surface area contributed by atoms with E-state index >= 15 is 0 Å². The van der Waals surface area contributed by atoms with Crippen LogP contribution in [0.4, 0.5) is 5.69 Å². The van der Waals surface area contributed by atoms with Crippen molar-refractivity contribution in [3.8, 4) is 0 Å². The van der Waals surface area contributed by atoms with E-state index in [0.29, 0.717) is 5.56 Å². The lowest BCUT2D eigenvalue weighted by atomic mass is 10.2. The van der Waals surface area contributed by atoms with Gasteiger partial charge in [-0.3, -0.25) is 9.78 Å². The van der Waals surface area contributed by atoms with E-state index in [9.17, 15) is 4.79 Å². The van der Waals surface area contributed by atoms with Gasteiger partial charge in [0.1, 0.15) is 0 Å². The first-order valence-electron chi connectivity index (χ1n) is 5.58. The maximum atomic E-state index is 12.0. The van der Waals surface area contributed by atoms with E-state index in [1.165, 1.54) is 0 Å². The van der Waals surface area contributed by atoms with Gasteiger partial charge in [-0.05, 0) is 36.8 Å². The van der Waals surface area contributed by atoms with Crippen LogP contribution < -0.4 is 5.32 Å². The van der Waals surface area contributed by atoms with Crippen LogP contribution in [0.2, 0.25) is 0 Å². The van der Waals surface area contributed by atoms with Gasteiger partial charge in [0.2, 0.25) is 0 Å². The quantitative estimate of drug-likeness (QED) is 0.881. The van der Waals surface area contributed by atoms with Crippen LogP contribution in [0.3, 0.4) is 0 Å². The number of carbonyl (C=O) groups excluding carboxylic acids is 1. The lowest BCUT2D eigenvalue weighted by molar-refractivity contribution is 0.102. The molecule has 0 aliphatic heterocycles. The second-order valence-electron chi connectivity index (χ2n) is 3.97. The predicted molar refractivity (Wildman–Crippen MR) is 76.0 cm³/mol. The van der Waals surface area contributed by atoms with Crippen LogP contribution in [0, 0.1) is 6.92 Å². The number of benzene rings is 1. The Kier molecular flexibility index (Phi) is 4.10. The summed E-state index contributed by atoms with van der Waals surface area (Å²) in [5.74, 6) is -0.118. The summed E-state index contributed by atoms with van der Waals surface area (Å²) in [6, 6.07) is 11.2. The average Bonchev–Trinajstić information content (AvgIpc) is 2.39. The SMILES string of the molecule is Cc1cc(C(=O)Nc2cccc(CBr)c2)ccn1. The summed E-state index contributed by atoms with van der Waals surface area (Å²) in [5, 5.41) is 3.64. The third-order valence-electron chi connectivity index (χ3n) is 2.50. The molecule has 0 saturated heterocycles. The first-order chi connectivity index (χ1) is 8.69. The summed E-state index contributed by atoms with van der Waals surface area (Å²) in [5.41, 5.74) is 3.37. The second-order valence-corrected chi connectivity index (χ2v) is 4.53. The Labute approximate surface area is 114 Å². The number of aryl methyl sites for hydroxylation is 1. The van der Waals surface area contributed by atoms with Gasteiger partial charge < -0.3 is 5.32 Å². The van der Waals surface area contributed by atoms with Crippen molar-refractivity contribution in [2.75, 3.05) is 5.32 Å². The van der Waals surface area contributed by atoms with Gasteiger partial charge in [-0.15, -0.1) is 0 Å². The zero-order valence-electron chi connectivity index (χ0n) is 9.98. The first kappa shape index (κ1) is 12.8. The number of nitrogens with zero attached hydrogens (tertiary/aromatic N) is 1. The molecule has 0 atom stereocenters. The van der Waals surface area contributed by atoms with Gasteiger partial charge in [-0.1, -0.05) is 28.1 Å². The minimum absolute atomic E-state index is 0.118. The monoisotopic (exact) mass is 304 g/mol. The molecule has 3 nitrogen and oxygen atoms in total. The van der Waals surface area contributed by atoms with Crippen molar-refractivity contribution in [3.05, 3.63) is 59.4 Å². The second kappa shape index (κ2) is 5.78. The summed E-state index contributed by atoms with van der Waals surface area (Å²) in [7, 11) is 0. The Balaban J connectivity index is 2.16. The van der Waals surface area contributed by atoms with Gasteiger partial charge in [0, 0.05) is 28.5 Å². The van der Waals surface area contributed by atoms with E-state index in [0.717, 1.165) is 22.3 Å². The van der Waals surface area contributed by atoms with Crippen molar-refractivity contribution in [1.82, 2.24) is 4.98 Å². The number of rotatable bonds is 3. The van der Waals surface area contributed by atoms with E-state index in [1.54, 1.807) is 18.3 Å². The lowest BCUT2D eigenvalue weighted by Gasteiger charge is -2.06. The average molecular weight is 305 g/mol. The Bertz CT molecular complexity index is 569. The summed E-state index contributed by atoms with van der Waals surface area (Å²) in [6.45, 7) is 1.86. The van der Waals surface area contributed by atoms with Crippen molar-refractivity contribution in [3.63, 3.8) is 0 Å². The van der Waals surface area contributed by atoms with Crippen LogP contribution >= 0.6 is 15.9 Å². The van der Waals surface area contributed by atoms with Gasteiger partial charge >= 0.3 is 0 Å². The van der Waals surface area contributed by atoms with Crippen molar-refractivity contribution >= 4 is 27.5 Å². The van der Waals surface area contributed by atoms with Crippen molar-refractivity contribution < 1.29 is 4.79 Å². The zero-order valence-corrected chi connectivity index (χ0v) is 11.6. The first-order valence-corrected chi connectivity index (χ1v) is 6.70. The maximum Gasteiger partial charge on any atom is 0.255 e. The van der Waals surface area contributed by atoms with Crippen LogP contribution in [0.25, 0.3) is 0 Å². The molecule has 0 spiro atoms. The number of amides is 1. The molecule has 1 aromatic heterocycles. The molecule has 2 aromatic rings. The van der Waals surface area contributed by atoms with Gasteiger partial charge in [0.25, 0.3) is 5.91 Å². The highest BCUT2D eigenvalue weighted by molar-refractivity contribution is 9.08. The standard InChI is InChI=1S/C14H13BrN2O/c1-10-7-12(5-6-16-10)14(18)17-13-4-2-3-11(8-13)9-15/h2-8H,9H2,1H3,(H,17,18). The Morgan fingerprint density at radius 3 is 2.89 bits per heavy atom. The number of carbonyl (C=O) groups is 1. The van der Waals surface area contributed by atoms with Gasteiger partial charge in [-0.2, -0.15) is 0 Å². The van der Waals surface area contributed by atoms with E-state index in [2.05, 4.69) is 26.2 Å². The molecule has 1 aromatic carbocycles. The fourth-order valence-electron chi connectivity index (χ4n) is 1.62. The molecule has 0 aliphatic rings. The van der Waals surface area contributed by atoms with E-state index in [1.807, 2.05) is 31.2 Å². The smallest absolute Gasteiger partial charge is 0.255 e. The molecule has 1 N–H and O–H groups in total. The normalized spacial score (nSPS) is 10.1. The van der Waals surface area contributed by atoms with Crippen LogP contribution in [0.5, 0.6) is 0 Å². The molecule has 1 heterocycles. The van der Waals surface area contributed by atoms with Gasteiger partial charge in [0.15, 0.2) is 0 Å². The summed E-state index contributed by atoms with van der Waals surface area (Å²) < 4.78 is 0. The molecule has 0 bridgehead atoms. The number of pyridine rings is 1. The van der Waals surface area contributed by atoms with Crippen LogP contribution in [0.1, 0.15) is 21.6 Å². The van der Waals surface area contributed by atoms with E-state index in [4.69, 9.17) is 0 Å². The van der Waals surface area contributed by atoms with Crippen molar-refractivity contribution in [1.29, 1.82) is 0 Å². The summed E-state index contributed by atoms with van der Waals surface area (Å²) >= 11 is 3.39. The van der Waals surface area contributed by atoms with Crippen LogP contribution in [-0.2, 0) is 5.33 Å². The minimum Gasteiger partial charge on any atom is -0.322 e. The maximum absolute atomic E-state index is 12.0. The zero-order chi connectivity index (χ0) is 13.0. The van der Waals surface area contributed by atoms with Crippen molar-refractivity contribution in [2.24, 2.45) is 0 Å². The summed E-state index contributed by atoms with van der Waals surface area (Å²) in [4.78, 5) is 16.1. The molecule has 0 unspecified atom stereocenters. The predicted octanol–water partition coefficient (Wildman–Crippen LogP) is 3.54. The molecular weight excluding hydrogens is 292 g/mol. The minimum atomic E-state index is -0.118. The van der Waals surface area contributed by atoms with E-state index in [-0.39, 0.29) is 5.91 Å². The third-order valence-corrected chi connectivity index (χ3v) is 3.15. The molecule has 18 heavy (non-hydrogen) atoms. The van der Waals surface area contributed by atoms with Crippen molar-refractivity contribution in [2.45, 2.75) is 12.3 Å². The number of halogens is 1. The third kappa shape index (κ3) is 3.17. The van der Waals surface area contributed by atoms with Gasteiger partial charge in [0.05, 0.1) is 0 Å². The highest BCUT2D eigenvalue weighted by Gasteiger charge is 2.06. The van der Waals surface area contributed by atoms with Crippen LogP contribution in [0.15, 0.2) is 42.6 Å². The van der Waals surface area contributed by atoms with Gasteiger partial charge in [-0.25, -0.2) is 0 Å². The van der Waals surface area contributed by atoms with E-state index < -0.39 is 0 Å². The number of alkyl halides is 1. The molecule has 0 aliphatic carbocycles. The molecule has 92 valence electrons. The molecule has 0 saturated carbocycles. The summed E-state index contributed by atoms with van der Waals surface area (Å²) in [6.07, 6.45) is 1.64. The number of aromatic nitrogens is 1. The Morgan fingerprint density at radius 1 is 1.33 bits per heavy atom. The number of anilines is 1. The topological polar surface area (TPSA) is 42.0 Å². The largest absolute Gasteiger partial charge is 0.322 e. The fourth-order valence-corrected chi connectivity index (χ4v) is 1.97. The highest BCUT2D eigenvalue weighted by atomic mass is 79.9. The number of nitrogens with one attached hydrogen (secondary N) is 1. The van der Waals surface area contributed by atoms with Crippen LogP contribution in [-0.4, -0.2) is 10.9 Å².